The molecule has 0 bridgehead atoms. The number of nitrogens with one attached hydrogen (secondary N) is 1. The van der Waals surface area contributed by atoms with Gasteiger partial charge in [0.1, 0.15) is 5.54 Å². The van der Waals surface area contributed by atoms with Crippen LogP contribution in [0.2, 0.25) is 0 Å². The van der Waals surface area contributed by atoms with Crippen LogP contribution >= 0.6 is 12.2 Å². The molecule has 0 saturated heterocycles. The summed E-state index contributed by atoms with van der Waals surface area (Å²) in [6.07, 6.45) is 9.18. The van der Waals surface area contributed by atoms with E-state index >= 15 is 0 Å². The van der Waals surface area contributed by atoms with Gasteiger partial charge in [-0.1, -0.05) is 24.3 Å². The van der Waals surface area contributed by atoms with E-state index in [2.05, 4.69) is 39.6 Å². The van der Waals surface area contributed by atoms with Crippen molar-refractivity contribution in [3.8, 4) is 0 Å². The average molecular weight is 567 g/mol. The van der Waals surface area contributed by atoms with Crippen molar-refractivity contribution >= 4 is 47.2 Å². The third kappa shape index (κ3) is 69.8. The lowest BCUT2D eigenvalue weighted by Crippen LogP contribution is -2.41. The van der Waals surface area contributed by atoms with Crippen LogP contribution in [-0.4, -0.2) is 111 Å². The van der Waals surface area contributed by atoms with Crippen molar-refractivity contribution in [2.45, 2.75) is 46.6 Å². The first-order valence-electron chi connectivity index (χ1n) is 10.9. The number of nitrogens with two attached hydrogens (primary N) is 1. The van der Waals surface area contributed by atoms with Crippen LogP contribution in [0, 0.1) is 0 Å². The third-order valence-corrected chi connectivity index (χ3v) is 3.02. The van der Waals surface area contributed by atoms with Crippen LogP contribution in [0.15, 0.2) is 29.3 Å². The maximum Gasteiger partial charge on any atom is 0.300 e. The highest BCUT2D eigenvalue weighted by Crippen LogP contribution is 2.23. The van der Waals surface area contributed by atoms with Crippen LogP contribution in [0.3, 0.4) is 0 Å². The molecule has 14 nitrogen and oxygen atoms in total. The van der Waals surface area contributed by atoms with E-state index in [-0.39, 0.29) is 5.54 Å². The minimum Gasteiger partial charge on any atom is -0.481 e. The monoisotopic (exact) mass is 566 g/mol. The van der Waals surface area contributed by atoms with Crippen molar-refractivity contribution in [3.63, 3.8) is 0 Å². The normalized spacial score (nSPS) is 13.8. The van der Waals surface area contributed by atoms with E-state index in [9.17, 15) is 0 Å². The van der Waals surface area contributed by atoms with Crippen molar-refractivity contribution in [2.24, 2.45) is 10.7 Å². The van der Waals surface area contributed by atoms with Gasteiger partial charge in [-0.2, -0.15) is 0 Å². The SMILES string of the molecule is CC(=O)O.CC(=O)O.CC(=O)O.CC(=O)O.CC(=O)O.CN(CCNCCN)CC1(N=C=S)C=CC=CC1. The molecular formula is C23H42N4O10S. The first-order valence-corrected chi connectivity index (χ1v) is 11.3. The zero-order chi connectivity index (χ0) is 31.2. The number of likely N-dealkylation sites (N-methyl/N-ethyl adjacent to an activating group) is 1. The molecule has 1 aliphatic rings. The van der Waals surface area contributed by atoms with Gasteiger partial charge in [-0.15, -0.1) is 0 Å². The highest BCUT2D eigenvalue weighted by molar-refractivity contribution is 7.78. The number of aliphatic carboxylic acids is 5. The Balaban J connectivity index is -0.000000148. The van der Waals surface area contributed by atoms with E-state index in [1.165, 1.54) is 0 Å². The summed E-state index contributed by atoms with van der Waals surface area (Å²) in [5.41, 5.74) is 5.19. The van der Waals surface area contributed by atoms with Gasteiger partial charge in [0.05, 0.1) is 5.16 Å². The number of hydrogen-bond acceptors (Lipinski definition) is 10. The number of allylic oxidation sites excluding steroid dienone is 2. The van der Waals surface area contributed by atoms with Gasteiger partial charge in [0.25, 0.3) is 29.8 Å². The fraction of sp³-hybridized carbons (Fsp3) is 0.565. The summed E-state index contributed by atoms with van der Waals surface area (Å²) < 4.78 is 0. The fourth-order valence-corrected chi connectivity index (χ4v) is 2.21. The third-order valence-electron chi connectivity index (χ3n) is 2.93. The molecule has 0 spiro atoms. The van der Waals surface area contributed by atoms with Gasteiger partial charge < -0.3 is 41.5 Å². The molecule has 8 N–H and O–H groups in total. The molecule has 0 aromatic rings. The Labute approximate surface area is 228 Å². The summed E-state index contributed by atoms with van der Waals surface area (Å²) in [5, 5.41) is 42.9. The molecule has 38 heavy (non-hydrogen) atoms. The number of hydrogen-bond donors (Lipinski definition) is 7. The molecule has 0 amide bonds. The zero-order valence-corrected chi connectivity index (χ0v) is 23.5. The number of rotatable bonds is 8. The van der Waals surface area contributed by atoms with E-state index in [0.717, 1.165) is 67.2 Å². The second-order valence-corrected chi connectivity index (χ2v) is 7.35. The minimum atomic E-state index is -0.833. The molecule has 0 aliphatic heterocycles. The number of isothiocyanates is 1. The van der Waals surface area contributed by atoms with E-state index in [0.29, 0.717) is 6.54 Å². The lowest BCUT2D eigenvalue weighted by molar-refractivity contribution is -0.135. The first kappa shape index (κ1) is 44.5. The second kappa shape index (κ2) is 31.5. The van der Waals surface area contributed by atoms with Crippen LogP contribution in [0.1, 0.15) is 41.0 Å². The van der Waals surface area contributed by atoms with Gasteiger partial charge in [-0.3, -0.25) is 24.0 Å². The van der Waals surface area contributed by atoms with Gasteiger partial charge in [-0.25, -0.2) is 4.99 Å². The summed E-state index contributed by atoms with van der Waals surface area (Å²) in [7, 11) is 2.09. The molecule has 0 radical (unpaired) electrons. The number of aliphatic imine (C=N–C) groups is 1. The van der Waals surface area contributed by atoms with Crippen molar-refractivity contribution in [3.05, 3.63) is 24.3 Å². The van der Waals surface area contributed by atoms with Gasteiger partial charge in [0.2, 0.25) is 0 Å². The summed E-state index contributed by atoms with van der Waals surface area (Å²) >= 11 is 4.76. The highest BCUT2D eigenvalue weighted by atomic mass is 32.1. The fourth-order valence-electron chi connectivity index (χ4n) is 2.02. The van der Waals surface area contributed by atoms with Crippen LogP contribution in [0.4, 0.5) is 0 Å². The predicted molar refractivity (Wildman–Crippen MR) is 147 cm³/mol. The van der Waals surface area contributed by atoms with E-state index in [1.807, 2.05) is 12.2 Å². The molecule has 1 aliphatic carbocycles. The molecule has 0 heterocycles. The van der Waals surface area contributed by atoms with Crippen LogP contribution in [0.25, 0.3) is 0 Å². The number of carbonyl (C=O) groups is 5. The van der Waals surface area contributed by atoms with Crippen molar-refractivity contribution in [2.75, 3.05) is 39.8 Å². The molecule has 1 unspecified atom stereocenters. The van der Waals surface area contributed by atoms with Crippen LogP contribution in [0.5, 0.6) is 0 Å². The number of thiocarbonyl (C=S) groups is 1. The molecule has 1 atom stereocenters. The van der Waals surface area contributed by atoms with Crippen molar-refractivity contribution < 1.29 is 49.5 Å². The molecule has 0 aromatic carbocycles. The molecule has 0 fully saturated rings. The average Bonchev–Trinajstić information content (AvgIpc) is 2.70. The van der Waals surface area contributed by atoms with Crippen LogP contribution in [-0.2, 0) is 24.0 Å². The minimum absolute atomic E-state index is 0.237. The Morgan fingerprint density at radius 1 is 0.895 bits per heavy atom. The number of carboxylic acids is 5. The highest BCUT2D eigenvalue weighted by Gasteiger charge is 2.27. The maximum absolute atomic E-state index is 9.00. The van der Waals surface area contributed by atoms with Crippen LogP contribution < -0.4 is 11.1 Å². The predicted octanol–water partition coefficient (Wildman–Crippen LogP) is 1.28. The van der Waals surface area contributed by atoms with E-state index in [4.69, 9.17) is 67.5 Å². The Bertz CT molecular complexity index is 695. The van der Waals surface area contributed by atoms with E-state index in [1.54, 1.807) is 0 Å². The maximum atomic E-state index is 9.00. The smallest absolute Gasteiger partial charge is 0.300 e. The quantitative estimate of drug-likeness (QED) is 0.124. The lowest BCUT2D eigenvalue weighted by Gasteiger charge is -2.30. The van der Waals surface area contributed by atoms with Gasteiger partial charge in [0, 0.05) is 67.3 Å². The standard InChI is InChI=1S/C13H22N4S.5C2H4O2/c1-17(10-9-15-8-7-14)11-13(16-12-18)5-3-2-4-6-13;5*1-2(3)4/h2-5,15H,6-11,14H2,1H3;5*1H3,(H,3,4). The Hall–Kier alpha value is -3.49. The second-order valence-electron chi connectivity index (χ2n) is 7.17. The van der Waals surface area contributed by atoms with Gasteiger partial charge >= 0.3 is 0 Å². The van der Waals surface area contributed by atoms with Gasteiger partial charge in [0.15, 0.2) is 0 Å². The largest absolute Gasteiger partial charge is 0.481 e. The molecule has 0 aromatic heterocycles. The first-order chi connectivity index (χ1) is 17.4. The molecule has 1 rings (SSSR count). The molecule has 0 saturated carbocycles. The molecule has 15 heteroatoms. The Morgan fingerprint density at radius 2 is 1.29 bits per heavy atom. The number of carboxylic acid groups (broad SMARTS) is 5. The summed E-state index contributed by atoms with van der Waals surface area (Å²) in [6.45, 7) is 9.70. The number of nitrogens with zero attached hydrogens (tertiary/aromatic N) is 2. The Morgan fingerprint density at radius 3 is 1.58 bits per heavy atom. The lowest BCUT2D eigenvalue weighted by atomic mass is 9.91. The molecular weight excluding hydrogens is 524 g/mol. The summed E-state index contributed by atoms with van der Waals surface area (Å²) in [5.74, 6) is -4.17. The van der Waals surface area contributed by atoms with Crippen molar-refractivity contribution in [1.82, 2.24) is 10.2 Å². The van der Waals surface area contributed by atoms with Gasteiger partial charge in [-0.05, 0) is 25.7 Å². The van der Waals surface area contributed by atoms with Crippen molar-refractivity contribution in [1.29, 1.82) is 0 Å². The van der Waals surface area contributed by atoms with E-state index < -0.39 is 29.8 Å². The summed E-state index contributed by atoms with van der Waals surface area (Å²) in [4.78, 5) is 51.6. The Kier molecular flexibility index (Phi) is 36.9. The summed E-state index contributed by atoms with van der Waals surface area (Å²) in [6, 6.07) is 0. The molecule has 220 valence electrons. The zero-order valence-electron chi connectivity index (χ0n) is 22.7. The topological polar surface area (TPSA) is 240 Å².